The Morgan fingerprint density at radius 1 is 1.59 bits per heavy atom. The van der Waals surface area contributed by atoms with Crippen LogP contribution in [-0.2, 0) is 9.59 Å². The van der Waals surface area contributed by atoms with Gasteiger partial charge in [-0.25, -0.2) is 0 Å². The number of carbonyl (C=O) groups excluding carboxylic acids is 2. The first-order chi connectivity index (χ1) is 9.92. The van der Waals surface area contributed by atoms with Gasteiger partial charge >= 0.3 is 29.6 Å². The van der Waals surface area contributed by atoms with Crippen molar-refractivity contribution < 1.29 is 54.6 Å². The third-order valence-electron chi connectivity index (χ3n) is 3.38. The minimum absolute atomic E-state index is 0. The van der Waals surface area contributed by atoms with Crippen LogP contribution in [0.15, 0.2) is 15.1 Å². The Labute approximate surface area is 158 Å². The first kappa shape index (κ1) is 19.9. The third-order valence-corrected chi connectivity index (χ3v) is 6.11. The summed E-state index contributed by atoms with van der Waals surface area (Å²) in [7, 11) is 0. The number of rotatable bonds is 6. The van der Waals surface area contributed by atoms with E-state index < -0.39 is 29.3 Å². The van der Waals surface area contributed by atoms with Crippen LogP contribution in [0.5, 0.6) is 0 Å². The summed E-state index contributed by atoms with van der Waals surface area (Å²) in [5, 5.41) is 32.4. The van der Waals surface area contributed by atoms with Crippen LogP contribution in [0.1, 0.15) is 20.3 Å². The first-order valence-corrected chi connectivity index (χ1v) is 8.24. The molecule has 2 heterocycles. The third kappa shape index (κ3) is 3.49. The van der Waals surface area contributed by atoms with Crippen LogP contribution in [0, 0.1) is 5.92 Å². The van der Waals surface area contributed by atoms with Crippen LogP contribution in [0.3, 0.4) is 0 Å². The Kier molecular flexibility index (Phi) is 7.28. The van der Waals surface area contributed by atoms with Gasteiger partial charge in [-0.3, -0.25) is 9.69 Å². The Hall–Kier alpha value is -0.190. The Morgan fingerprint density at radius 3 is 2.68 bits per heavy atom. The number of aliphatic carboxylic acids is 1. The number of nitrogens with zero attached hydrogens (tertiary/aromatic N) is 2. The molecule has 2 N–H and O–H groups in total. The molecule has 2 aliphatic rings. The number of β-lactam (4-membered cyclic amide) rings is 1. The number of carboxylic acid groups (broad SMARTS) is 1. The molecule has 2 rings (SSSR count). The van der Waals surface area contributed by atoms with E-state index in [1.54, 1.807) is 0 Å². The van der Waals surface area contributed by atoms with Crippen molar-refractivity contribution in [2.24, 2.45) is 11.1 Å². The summed E-state index contributed by atoms with van der Waals surface area (Å²) in [6.07, 6.45) is -0.284. The molecule has 0 aromatic heterocycles. The van der Waals surface area contributed by atoms with Gasteiger partial charge in [0.1, 0.15) is 5.37 Å². The second-order valence-electron chi connectivity index (χ2n) is 4.72. The molecule has 0 saturated carbocycles. The van der Waals surface area contributed by atoms with Crippen LogP contribution in [0.4, 0.5) is 0 Å². The van der Waals surface area contributed by atoms with Crippen LogP contribution < -0.4 is 34.7 Å². The molecule has 10 heteroatoms. The Morgan fingerprint density at radius 2 is 2.23 bits per heavy atom. The summed E-state index contributed by atoms with van der Waals surface area (Å²) >= 11 is 2.43. The zero-order chi connectivity index (χ0) is 15.7. The van der Waals surface area contributed by atoms with Crippen molar-refractivity contribution in [1.29, 1.82) is 0 Å². The van der Waals surface area contributed by atoms with Gasteiger partial charge in [0.25, 0.3) is 0 Å². The maximum absolute atomic E-state index is 11.9. The second-order valence-corrected chi connectivity index (χ2v) is 7.09. The molecule has 0 bridgehead atoms. The van der Waals surface area contributed by atoms with E-state index in [-0.39, 0.29) is 35.3 Å². The average molecular weight is 354 g/mol. The molecule has 1 saturated heterocycles. The van der Waals surface area contributed by atoms with Crippen molar-refractivity contribution in [3.8, 4) is 0 Å². The largest absolute Gasteiger partial charge is 1.00 e. The molecule has 116 valence electrons. The first-order valence-electron chi connectivity index (χ1n) is 6.38. The molecule has 2 aliphatic heterocycles. The second kappa shape index (κ2) is 8.07. The summed E-state index contributed by atoms with van der Waals surface area (Å²) in [5.74, 6) is -2.08. The fourth-order valence-electron chi connectivity index (χ4n) is 2.19. The van der Waals surface area contributed by atoms with Crippen molar-refractivity contribution in [1.82, 2.24) is 4.90 Å². The fourth-order valence-corrected chi connectivity index (χ4v) is 5.13. The molecular formula is C12H15N2NaO5S2. The number of hydrogen-bond donors (Lipinski definition) is 2. The van der Waals surface area contributed by atoms with E-state index in [2.05, 4.69) is 5.16 Å². The number of fused-ring (bicyclic) bond motifs is 1. The van der Waals surface area contributed by atoms with Gasteiger partial charge in [-0.1, -0.05) is 23.8 Å². The van der Waals surface area contributed by atoms with Gasteiger partial charge in [0.05, 0.1) is 33.6 Å². The standard InChI is InChI=1S/C12H16N2O5S2.Na/c1-3-6(13-19)4-20-12-8(11(17)18)14-9(16)7(5(2)15)10(14)21-12;/h5,7,10,15,19H,3-4H2,1-2H3,(H,17,18);/q;+1/p-1/t5?,7?,10-;/m1./s1. The van der Waals surface area contributed by atoms with Gasteiger partial charge in [0.15, 0.2) is 0 Å². The predicted octanol–water partition coefficient (Wildman–Crippen LogP) is -3.21. The summed E-state index contributed by atoms with van der Waals surface area (Å²) in [5.41, 5.74) is 0.378. The van der Waals surface area contributed by atoms with Crippen molar-refractivity contribution in [2.75, 3.05) is 5.75 Å². The van der Waals surface area contributed by atoms with Crippen LogP contribution in [0.2, 0.25) is 0 Å². The van der Waals surface area contributed by atoms with E-state index in [1.807, 2.05) is 6.92 Å². The molecule has 1 fully saturated rings. The molecule has 0 radical (unpaired) electrons. The number of thioether (sulfide) groups is 2. The molecule has 0 spiro atoms. The SMILES string of the molecule is CCC(CSC1=C(C(=O)[O-])N2C(=O)C(C(C)O)[C@H]2S1)=NO.[Na+]. The van der Waals surface area contributed by atoms with Crippen LogP contribution in [0.25, 0.3) is 0 Å². The number of oxime groups is 1. The van der Waals surface area contributed by atoms with E-state index in [0.29, 0.717) is 22.1 Å². The quantitative estimate of drug-likeness (QED) is 0.170. The van der Waals surface area contributed by atoms with E-state index in [0.717, 1.165) is 0 Å². The molecule has 22 heavy (non-hydrogen) atoms. The van der Waals surface area contributed by atoms with Gasteiger partial charge in [-0.05, 0) is 13.3 Å². The molecule has 0 aliphatic carbocycles. The molecule has 1 amide bonds. The van der Waals surface area contributed by atoms with E-state index in [1.165, 1.54) is 35.3 Å². The number of carbonyl (C=O) groups is 2. The predicted molar refractivity (Wildman–Crippen MR) is 77.4 cm³/mol. The van der Waals surface area contributed by atoms with Gasteiger partial charge < -0.3 is 20.2 Å². The minimum Gasteiger partial charge on any atom is -0.543 e. The maximum Gasteiger partial charge on any atom is 1.00 e. The van der Waals surface area contributed by atoms with Gasteiger partial charge in [0.2, 0.25) is 5.91 Å². The van der Waals surface area contributed by atoms with Gasteiger partial charge in [0, 0.05) is 5.75 Å². The average Bonchev–Trinajstić information content (AvgIpc) is 2.74. The molecule has 0 aromatic rings. The topological polar surface area (TPSA) is 113 Å². The molecule has 7 nitrogen and oxygen atoms in total. The van der Waals surface area contributed by atoms with Crippen LogP contribution in [-0.4, -0.2) is 50.0 Å². The van der Waals surface area contributed by atoms with Crippen molar-refractivity contribution >= 4 is 41.1 Å². The zero-order valence-corrected chi connectivity index (χ0v) is 16.1. The molecular weight excluding hydrogens is 339 g/mol. The smallest absolute Gasteiger partial charge is 0.543 e. The maximum atomic E-state index is 11.9. The summed E-state index contributed by atoms with van der Waals surface area (Å²) in [6.45, 7) is 3.34. The van der Waals surface area contributed by atoms with Crippen molar-refractivity contribution in [3.63, 3.8) is 0 Å². The Balaban J connectivity index is 0.00000242. The van der Waals surface area contributed by atoms with E-state index in [9.17, 15) is 19.8 Å². The van der Waals surface area contributed by atoms with Gasteiger partial charge in [-0.2, -0.15) is 0 Å². The molecule has 3 atom stereocenters. The number of aliphatic hydroxyl groups is 1. The van der Waals surface area contributed by atoms with Crippen molar-refractivity contribution in [3.05, 3.63) is 9.93 Å². The van der Waals surface area contributed by atoms with Gasteiger partial charge in [-0.15, -0.1) is 11.8 Å². The summed E-state index contributed by atoms with van der Waals surface area (Å²) < 4.78 is 0.450. The zero-order valence-electron chi connectivity index (χ0n) is 12.5. The number of carboxylic acids is 1. The van der Waals surface area contributed by atoms with E-state index in [4.69, 9.17) is 5.21 Å². The molecule has 2 unspecified atom stereocenters. The normalized spacial score (nSPS) is 25.5. The molecule has 0 aromatic carbocycles. The number of amides is 1. The summed E-state index contributed by atoms with van der Waals surface area (Å²) in [4.78, 5) is 24.4. The minimum atomic E-state index is -1.41. The van der Waals surface area contributed by atoms with Crippen molar-refractivity contribution in [2.45, 2.75) is 31.7 Å². The summed E-state index contributed by atoms with van der Waals surface area (Å²) in [6, 6.07) is 0. The van der Waals surface area contributed by atoms with E-state index >= 15 is 0 Å². The Bertz CT molecular complexity index is 538. The number of aliphatic hydroxyl groups excluding tert-OH is 1. The van der Waals surface area contributed by atoms with Crippen LogP contribution >= 0.6 is 23.5 Å². The fraction of sp³-hybridized carbons (Fsp3) is 0.583. The monoisotopic (exact) mass is 354 g/mol. The number of hydrogen-bond acceptors (Lipinski definition) is 8.